The van der Waals surface area contributed by atoms with E-state index < -0.39 is 17.8 Å². The number of nitrogens with zero attached hydrogens (tertiary/aromatic N) is 2. The van der Waals surface area contributed by atoms with E-state index in [-0.39, 0.29) is 5.69 Å². The van der Waals surface area contributed by atoms with Crippen molar-refractivity contribution in [1.29, 1.82) is 0 Å². The molecule has 1 aromatic rings. The summed E-state index contributed by atoms with van der Waals surface area (Å²) in [5.41, 5.74) is 0.147. The van der Waals surface area contributed by atoms with Crippen LogP contribution in [-0.4, -0.2) is 54.8 Å². The third-order valence-electron chi connectivity index (χ3n) is 7.48. The van der Waals surface area contributed by atoms with Crippen LogP contribution in [0.25, 0.3) is 0 Å². The van der Waals surface area contributed by atoms with Crippen molar-refractivity contribution in [2.24, 2.45) is 11.3 Å². The molecule has 0 radical (unpaired) electrons. The minimum atomic E-state index is -2.75. The number of nitrogens with one attached hydrogen (secondary N) is 1. The third kappa shape index (κ3) is 8.51. The Balaban J connectivity index is 0.000000251. The number of benzene rings is 1. The lowest BCUT2D eigenvalue weighted by atomic mass is 9.66. The van der Waals surface area contributed by atoms with E-state index in [1.54, 1.807) is 0 Å². The summed E-state index contributed by atoms with van der Waals surface area (Å²) in [7, 11) is 2.01. The molecule has 1 saturated heterocycles. The van der Waals surface area contributed by atoms with Gasteiger partial charge in [0.2, 0.25) is 12.3 Å². The minimum absolute atomic E-state index is 0.0188. The van der Waals surface area contributed by atoms with Gasteiger partial charge in [-0.1, -0.05) is 46.5 Å². The number of likely N-dealkylation sites (N-methyl/N-ethyl adjacent to an activating group) is 1. The van der Waals surface area contributed by atoms with Gasteiger partial charge >= 0.3 is 0 Å². The topological polar surface area (TPSA) is 52.7 Å². The lowest BCUT2D eigenvalue weighted by Crippen LogP contribution is -2.59. The number of hydrogen-bond donors (Lipinski definition) is 1. The van der Waals surface area contributed by atoms with E-state index in [4.69, 9.17) is 0 Å². The third-order valence-corrected chi connectivity index (χ3v) is 7.48. The maximum atomic E-state index is 12.6. The molecular weight excluding hydrogens is 455 g/mol. The van der Waals surface area contributed by atoms with Gasteiger partial charge in [-0.3, -0.25) is 14.5 Å². The molecule has 1 spiro atoms. The SMILES string of the molecule is CC.CC1CCC2(CC1)CN(CC(=O)N(C)C1CCCC1)C2.O=CNc1cc(F)cc(C(F)F)c1. The molecule has 1 aromatic carbocycles. The van der Waals surface area contributed by atoms with Gasteiger partial charge in [0.25, 0.3) is 6.43 Å². The van der Waals surface area contributed by atoms with Crippen molar-refractivity contribution in [2.75, 3.05) is 32.0 Å². The fourth-order valence-corrected chi connectivity index (χ4v) is 5.39. The van der Waals surface area contributed by atoms with Gasteiger partial charge in [0.1, 0.15) is 5.82 Å². The van der Waals surface area contributed by atoms with Crippen molar-refractivity contribution in [3.05, 3.63) is 29.6 Å². The molecule has 0 unspecified atom stereocenters. The van der Waals surface area contributed by atoms with Gasteiger partial charge in [0.15, 0.2) is 0 Å². The second kappa shape index (κ2) is 13.9. The van der Waals surface area contributed by atoms with Crippen molar-refractivity contribution in [1.82, 2.24) is 9.80 Å². The molecule has 0 bridgehead atoms. The largest absolute Gasteiger partial charge is 0.342 e. The van der Waals surface area contributed by atoms with E-state index in [2.05, 4.69) is 17.1 Å². The molecule has 1 heterocycles. The number of hydrogen-bond acceptors (Lipinski definition) is 3. The zero-order chi connectivity index (χ0) is 26.0. The molecule has 0 atom stereocenters. The summed E-state index contributed by atoms with van der Waals surface area (Å²) in [6.45, 7) is 9.38. The summed E-state index contributed by atoms with van der Waals surface area (Å²) < 4.78 is 36.8. The van der Waals surface area contributed by atoms with Crippen molar-refractivity contribution in [3.63, 3.8) is 0 Å². The highest BCUT2D eigenvalue weighted by Crippen LogP contribution is 2.45. The van der Waals surface area contributed by atoms with E-state index in [9.17, 15) is 22.8 Å². The van der Waals surface area contributed by atoms with Crippen LogP contribution in [0.3, 0.4) is 0 Å². The average Bonchev–Trinajstić information content (AvgIpc) is 3.35. The van der Waals surface area contributed by atoms with Crippen molar-refractivity contribution in [3.8, 4) is 0 Å². The maximum Gasteiger partial charge on any atom is 0.264 e. The van der Waals surface area contributed by atoms with Crippen molar-refractivity contribution < 1.29 is 22.8 Å². The van der Waals surface area contributed by atoms with Crippen LogP contribution in [-0.2, 0) is 9.59 Å². The summed E-state index contributed by atoms with van der Waals surface area (Å²) in [5.74, 6) is 0.461. The fourth-order valence-electron chi connectivity index (χ4n) is 5.39. The lowest BCUT2D eigenvalue weighted by molar-refractivity contribution is -0.137. The molecule has 2 saturated carbocycles. The molecule has 4 rings (SSSR count). The van der Waals surface area contributed by atoms with E-state index in [0.717, 1.165) is 24.1 Å². The van der Waals surface area contributed by atoms with Gasteiger partial charge < -0.3 is 10.2 Å². The highest BCUT2D eigenvalue weighted by atomic mass is 19.3. The van der Waals surface area contributed by atoms with Crippen LogP contribution in [0.1, 0.15) is 84.1 Å². The zero-order valence-corrected chi connectivity index (χ0v) is 21.7. The van der Waals surface area contributed by atoms with E-state index >= 15 is 0 Å². The fraction of sp³-hybridized carbons (Fsp3) is 0.704. The number of amides is 2. The Bertz CT molecular complexity index is 799. The van der Waals surface area contributed by atoms with E-state index in [0.29, 0.717) is 30.3 Å². The van der Waals surface area contributed by atoms with Gasteiger partial charge in [0, 0.05) is 37.4 Å². The second-order valence-electron chi connectivity index (χ2n) is 10.1. The molecule has 8 heteroatoms. The summed E-state index contributed by atoms with van der Waals surface area (Å²) in [4.78, 5) is 26.7. The molecular formula is C27H42F3N3O2. The highest BCUT2D eigenvalue weighted by Gasteiger charge is 2.45. The van der Waals surface area contributed by atoms with Crippen LogP contribution in [0.2, 0.25) is 0 Å². The summed E-state index contributed by atoms with van der Waals surface area (Å²) in [5, 5.41) is 2.09. The van der Waals surface area contributed by atoms with Gasteiger partial charge in [-0.05, 0) is 55.2 Å². The maximum absolute atomic E-state index is 12.6. The number of alkyl halides is 2. The Labute approximate surface area is 208 Å². The van der Waals surface area contributed by atoms with Crippen LogP contribution < -0.4 is 5.32 Å². The smallest absolute Gasteiger partial charge is 0.264 e. The van der Waals surface area contributed by atoms with Crippen molar-refractivity contribution >= 4 is 18.0 Å². The molecule has 2 amide bonds. The number of anilines is 1. The predicted molar refractivity (Wildman–Crippen MR) is 134 cm³/mol. The van der Waals surface area contributed by atoms with Crippen LogP contribution >= 0.6 is 0 Å². The number of carbonyl (C=O) groups is 2. The highest BCUT2D eigenvalue weighted by molar-refractivity contribution is 5.78. The predicted octanol–water partition coefficient (Wildman–Crippen LogP) is 6.26. The Hall–Kier alpha value is -2.09. The second-order valence-corrected chi connectivity index (χ2v) is 10.1. The van der Waals surface area contributed by atoms with Gasteiger partial charge in [-0.2, -0.15) is 0 Å². The van der Waals surface area contributed by atoms with E-state index in [1.807, 2.05) is 25.8 Å². The Morgan fingerprint density at radius 2 is 1.74 bits per heavy atom. The number of rotatable bonds is 6. The first-order valence-corrected chi connectivity index (χ1v) is 13.0. The van der Waals surface area contributed by atoms with E-state index in [1.165, 1.54) is 64.5 Å². The standard InChI is InChI=1S/C17H30N2O.C8H6F3NO.C2H6/c1-14-7-9-17(10-8-14)12-19(13-17)11-16(20)18(2)15-5-3-4-6-15;9-6-1-5(8(10)11)2-7(3-6)12-4-13;1-2/h14-15H,3-13H2,1-2H3;1-4,8H,(H,12,13);1-2H3. The molecule has 3 aliphatic rings. The number of likely N-dealkylation sites (tertiary alicyclic amines) is 1. The first-order chi connectivity index (χ1) is 16.7. The Morgan fingerprint density at radius 3 is 2.29 bits per heavy atom. The number of carbonyl (C=O) groups excluding carboxylic acids is 2. The van der Waals surface area contributed by atoms with Gasteiger partial charge in [-0.15, -0.1) is 0 Å². The first kappa shape index (κ1) is 29.1. The molecule has 2 aliphatic carbocycles. The summed E-state index contributed by atoms with van der Waals surface area (Å²) >= 11 is 0. The molecule has 1 N–H and O–H groups in total. The summed E-state index contributed by atoms with van der Waals surface area (Å²) in [6, 6.07) is 3.22. The Morgan fingerprint density at radius 1 is 1.14 bits per heavy atom. The van der Waals surface area contributed by atoms with Gasteiger partial charge in [-0.25, -0.2) is 13.2 Å². The molecule has 198 valence electrons. The van der Waals surface area contributed by atoms with Crippen LogP contribution in [0.15, 0.2) is 18.2 Å². The molecule has 5 nitrogen and oxygen atoms in total. The molecule has 0 aromatic heterocycles. The molecule has 35 heavy (non-hydrogen) atoms. The Kier molecular flexibility index (Phi) is 11.5. The quantitative estimate of drug-likeness (QED) is 0.472. The lowest BCUT2D eigenvalue weighted by Gasteiger charge is -2.53. The molecule has 3 fully saturated rings. The minimum Gasteiger partial charge on any atom is -0.342 e. The number of halogens is 3. The van der Waals surface area contributed by atoms with Crippen LogP contribution in [0.4, 0.5) is 18.9 Å². The van der Waals surface area contributed by atoms with Crippen LogP contribution in [0.5, 0.6) is 0 Å². The van der Waals surface area contributed by atoms with Crippen LogP contribution in [0, 0.1) is 17.2 Å². The first-order valence-electron chi connectivity index (χ1n) is 13.0. The van der Waals surface area contributed by atoms with Gasteiger partial charge in [0.05, 0.1) is 6.54 Å². The summed E-state index contributed by atoms with van der Waals surface area (Å²) in [6.07, 6.45) is 8.13. The normalized spacial score (nSPS) is 19.8. The molecule has 1 aliphatic heterocycles. The average molecular weight is 498 g/mol. The monoisotopic (exact) mass is 497 g/mol. The van der Waals surface area contributed by atoms with Crippen molar-refractivity contribution in [2.45, 2.75) is 84.6 Å². The zero-order valence-electron chi connectivity index (χ0n) is 21.7.